The zero-order chi connectivity index (χ0) is 15.2. The first-order chi connectivity index (χ1) is 10.1. The number of rotatable bonds is 5. The molecule has 0 aromatic heterocycles. The van der Waals surface area contributed by atoms with Crippen molar-refractivity contribution in [2.45, 2.75) is 12.5 Å². The number of carbonyl (C=O) groups is 1. The minimum absolute atomic E-state index is 0.164. The Morgan fingerprint density at radius 2 is 1.95 bits per heavy atom. The predicted octanol–water partition coefficient (Wildman–Crippen LogP) is 2.92. The van der Waals surface area contributed by atoms with E-state index in [2.05, 4.69) is 21.2 Å². The van der Waals surface area contributed by atoms with Gasteiger partial charge in [0, 0.05) is 5.56 Å². The zero-order valence-electron chi connectivity index (χ0n) is 11.2. The van der Waals surface area contributed by atoms with Crippen LogP contribution in [-0.4, -0.2) is 23.7 Å². The number of hydrogen-bond donors (Lipinski definition) is 2. The van der Waals surface area contributed by atoms with Crippen molar-refractivity contribution in [2.24, 2.45) is 0 Å². The van der Waals surface area contributed by atoms with Crippen LogP contribution in [0.25, 0.3) is 0 Å². The summed E-state index contributed by atoms with van der Waals surface area (Å²) in [4.78, 5) is 12.1. The first kappa shape index (κ1) is 15.7. The Balaban J connectivity index is 2.04. The average Bonchev–Trinajstić information content (AvgIpc) is 2.50. The van der Waals surface area contributed by atoms with Crippen LogP contribution in [0.3, 0.4) is 0 Å². The van der Waals surface area contributed by atoms with Crippen LogP contribution in [0.1, 0.15) is 15.9 Å². The van der Waals surface area contributed by atoms with E-state index in [0.717, 1.165) is 5.56 Å². The van der Waals surface area contributed by atoms with Gasteiger partial charge in [-0.05, 0) is 46.1 Å². The minimum Gasteiger partial charge on any atom is -0.394 e. The number of aliphatic hydroxyl groups excluding tert-OH is 1. The number of aliphatic hydroxyl groups is 1. The molecule has 0 bridgehead atoms. The van der Waals surface area contributed by atoms with Gasteiger partial charge in [0.2, 0.25) is 0 Å². The van der Waals surface area contributed by atoms with E-state index >= 15 is 0 Å². The van der Waals surface area contributed by atoms with Crippen molar-refractivity contribution in [3.05, 3.63) is 69.9 Å². The van der Waals surface area contributed by atoms with Gasteiger partial charge in [-0.2, -0.15) is 0 Å². The highest BCUT2D eigenvalue weighted by Crippen LogP contribution is 2.17. The lowest BCUT2D eigenvalue weighted by Crippen LogP contribution is -2.39. The molecule has 0 aliphatic carbocycles. The smallest absolute Gasteiger partial charge is 0.251 e. The van der Waals surface area contributed by atoms with Crippen LogP contribution in [0.4, 0.5) is 4.39 Å². The van der Waals surface area contributed by atoms with E-state index in [1.165, 1.54) is 18.2 Å². The fourth-order valence-corrected chi connectivity index (χ4v) is 2.34. The summed E-state index contributed by atoms with van der Waals surface area (Å²) in [5, 5.41) is 12.1. The minimum atomic E-state index is -0.422. The van der Waals surface area contributed by atoms with Gasteiger partial charge in [0.15, 0.2) is 0 Å². The number of halogens is 2. The summed E-state index contributed by atoms with van der Waals surface area (Å²) in [6, 6.07) is 13.3. The normalized spacial score (nSPS) is 12.0. The molecule has 0 saturated heterocycles. The van der Waals surface area contributed by atoms with Gasteiger partial charge in [0.1, 0.15) is 5.82 Å². The maximum atomic E-state index is 13.2. The van der Waals surface area contributed by atoms with Crippen LogP contribution in [0.2, 0.25) is 0 Å². The van der Waals surface area contributed by atoms with Crippen LogP contribution in [0.5, 0.6) is 0 Å². The Bertz CT molecular complexity index is 619. The van der Waals surface area contributed by atoms with E-state index in [1.807, 2.05) is 30.3 Å². The third-order valence-corrected chi connectivity index (χ3v) is 3.67. The van der Waals surface area contributed by atoms with Crippen molar-refractivity contribution in [3.63, 3.8) is 0 Å². The molecule has 3 nitrogen and oxygen atoms in total. The van der Waals surface area contributed by atoms with Crippen LogP contribution < -0.4 is 5.32 Å². The third kappa shape index (κ3) is 4.37. The molecule has 2 aromatic rings. The Labute approximate surface area is 130 Å². The molecule has 0 radical (unpaired) electrons. The van der Waals surface area contributed by atoms with E-state index in [-0.39, 0.29) is 23.0 Å². The van der Waals surface area contributed by atoms with Crippen molar-refractivity contribution >= 4 is 21.8 Å². The molecule has 2 aromatic carbocycles. The molecular formula is C16H15BrFNO2. The van der Waals surface area contributed by atoms with Gasteiger partial charge in [0.05, 0.1) is 17.1 Å². The van der Waals surface area contributed by atoms with E-state index in [1.54, 1.807) is 0 Å². The average molecular weight is 352 g/mol. The number of carbonyl (C=O) groups excluding carboxylic acids is 1. The maximum absolute atomic E-state index is 13.2. The Hall–Kier alpha value is -1.72. The molecule has 110 valence electrons. The highest BCUT2D eigenvalue weighted by atomic mass is 79.9. The van der Waals surface area contributed by atoms with E-state index < -0.39 is 5.82 Å². The van der Waals surface area contributed by atoms with Crippen molar-refractivity contribution in [2.75, 3.05) is 6.61 Å². The molecule has 0 unspecified atom stereocenters. The first-order valence-electron chi connectivity index (χ1n) is 6.51. The zero-order valence-corrected chi connectivity index (χ0v) is 12.8. The van der Waals surface area contributed by atoms with Crippen LogP contribution in [-0.2, 0) is 6.42 Å². The van der Waals surface area contributed by atoms with E-state index in [4.69, 9.17) is 0 Å². The number of hydrogen-bond acceptors (Lipinski definition) is 2. The summed E-state index contributed by atoms with van der Waals surface area (Å²) < 4.78 is 13.4. The Kier molecular flexibility index (Phi) is 5.47. The van der Waals surface area contributed by atoms with Crippen molar-refractivity contribution in [1.82, 2.24) is 5.32 Å². The predicted molar refractivity (Wildman–Crippen MR) is 82.6 cm³/mol. The molecule has 1 amide bonds. The monoisotopic (exact) mass is 351 g/mol. The lowest BCUT2D eigenvalue weighted by atomic mass is 10.1. The highest BCUT2D eigenvalue weighted by molar-refractivity contribution is 9.10. The first-order valence-corrected chi connectivity index (χ1v) is 7.30. The lowest BCUT2D eigenvalue weighted by Gasteiger charge is -2.16. The summed E-state index contributed by atoms with van der Waals surface area (Å²) >= 11 is 3.05. The highest BCUT2D eigenvalue weighted by Gasteiger charge is 2.14. The van der Waals surface area contributed by atoms with Gasteiger partial charge in [-0.25, -0.2) is 4.39 Å². The summed E-state index contributed by atoms with van der Waals surface area (Å²) in [5.41, 5.74) is 1.37. The molecule has 1 atom stereocenters. The lowest BCUT2D eigenvalue weighted by molar-refractivity contribution is 0.0916. The largest absolute Gasteiger partial charge is 0.394 e. The van der Waals surface area contributed by atoms with Crippen molar-refractivity contribution in [1.29, 1.82) is 0 Å². The van der Waals surface area contributed by atoms with Gasteiger partial charge in [-0.1, -0.05) is 30.3 Å². The Morgan fingerprint density at radius 1 is 1.24 bits per heavy atom. The molecule has 0 heterocycles. The van der Waals surface area contributed by atoms with Crippen molar-refractivity contribution < 1.29 is 14.3 Å². The molecular weight excluding hydrogens is 337 g/mol. The second-order valence-corrected chi connectivity index (χ2v) is 5.53. The topological polar surface area (TPSA) is 49.3 Å². The molecule has 2 rings (SSSR count). The number of nitrogens with one attached hydrogen (secondary N) is 1. The second-order valence-electron chi connectivity index (χ2n) is 4.67. The maximum Gasteiger partial charge on any atom is 0.251 e. The Morgan fingerprint density at radius 3 is 2.57 bits per heavy atom. The summed E-state index contributed by atoms with van der Waals surface area (Å²) in [5.74, 6) is -0.764. The van der Waals surface area contributed by atoms with E-state index in [0.29, 0.717) is 12.0 Å². The molecule has 0 spiro atoms. The fourth-order valence-electron chi connectivity index (χ4n) is 1.97. The van der Waals surface area contributed by atoms with Crippen LogP contribution in [0, 0.1) is 5.82 Å². The van der Waals surface area contributed by atoms with Crippen LogP contribution >= 0.6 is 15.9 Å². The van der Waals surface area contributed by atoms with Gasteiger partial charge in [-0.15, -0.1) is 0 Å². The van der Waals surface area contributed by atoms with Crippen LogP contribution in [0.15, 0.2) is 53.0 Å². The number of benzene rings is 2. The molecule has 0 aliphatic rings. The van der Waals surface area contributed by atoms with Crippen molar-refractivity contribution in [3.8, 4) is 0 Å². The van der Waals surface area contributed by atoms with Gasteiger partial charge >= 0.3 is 0 Å². The fraction of sp³-hybridized carbons (Fsp3) is 0.188. The molecule has 2 N–H and O–H groups in total. The molecule has 21 heavy (non-hydrogen) atoms. The van der Waals surface area contributed by atoms with E-state index in [9.17, 15) is 14.3 Å². The standard InChI is InChI=1S/C16H15BrFNO2/c17-14-9-12(6-7-15(14)18)16(21)19-13(10-20)8-11-4-2-1-3-5-11/h1-7,9,13,20H,8,10H2,(H,19,21)/t13-/m0/s1. The summed E-state index contributed by atoms with van der Waals surface area (Å²) in [6.45, 7) is -0.164. The second kappa shape index (κ2) is 7.33. The van der Waals surface area contributed by atoms with Gasteiger partial charge < -0.3 is 10.4 Å². The molecule has 5 heteroatoms. The van der Waals surface area contributed by atoms with Gasteiger partial charge in [-0.3, -0.25) is 4.79 Å². The molecule has 0 fully saturated rings. The summed E-state index contributed by atoms with van der Waals surface area (Å²) in [7, 11) is 0. The quantitative estimate of drug-likeness (QED) is 0.869. The SMILES string of the molecule is O=C(N[C@H](CO)Cc1ccccc1)c1ccc(F)c(Br)c1. The summed E-state index contributed by atoms with van der Waals surface area (Å²) in [6.07, 6.45) is 0.533. The third-order valence-electron chi connectivity index (χ3n) is 3.06. The number of amides is 1. The molecule has 0 aliphatic heterocycles. The van der Waals surface area contributed by atoms with Gasteiger partial charge in [0.25, 0.3) is 5.91 Å². The molecule has 0 saturated carbocycles.